The number of hydrogen-bond donors (Lipinski definition) is 2. The van der Waals surface area contributed by atoms with E-state index < -0.39 is 5.92 Å². The fourth-order valence-electron chi connectivity index (χ4n) is 3.55. The van der Waals surface area contributed by atoms with Gasteiger partial charge in [-0.1, -0.05) is 54.6 Å². The lowest BCUT2D eigenvalue weighted by atomic mass is 9.94. The first-order valence-electron chi connectivity index (χ1n) is 10.6. The Labute approximate surface area is 187 Å². The monoisotopic (exact) mass is 436 g/mol. The van der Waals surface area contributed by atoms with Crippen molar-refractivity contribution in [2.45, 2.75) is 25.8 Å². The van der Waals surface area contributed by atoms with Crippen LogP contribution in [-0.2, 0) is 20.7 Å². The summed E-state index contributed by atoms with van der Waals surface area (Å²) in [6.45, 7) is 2.26. The van der Waals surface area contributed by atoms with Gasteiger partial charge in [-0.05, 0) is 36.5 Å². The van der Waals surface area contributed by atoms with Crippen LogP contribution < -0.4 is 5.32 Å². The summed E-state index contributed by atoms with van der Waals surface area (Å²) in [5.41, 5.74) is 3.47. The SMILES string of the molecule is CCOC(=O)C(COC)CC(Cc1ccc(-c2ccccc2)cc1)NC(=O)c1cn[nH]n1. The Bertz CT molecular complexity index is 975. The van der Waals surface area contributed by atoms with Crippen LogP contribution in [0.25, 0.3) is 11.1 Å². The van der Waals surface area contributed by atoms with Gasteiger partial charge in [0.05, 0.1) is 25.3 Å². The van der Waals surface area contributed by atoms with Crippen molar-refractivity contribution in [3.8, 4) is 11.1 Å². The molecule has 0 spiro atoms. The quantitative estimate of drug-likeness (QED) is 0.448. The van der Waals surface area contributed by atoms with Gasteiger partial charge in [0.15, 0.2) is 5.69 Å². The molecule has 1 amide bonds. The van der Waals surface area contributed by atoms with Gasteiger partial charge in [-0.15, -0.1) is 0 Å². The van der Waals surface area contributed by atoms with Crippen molar-refractivity contribution >= 4 is 11.9 Å². The number of hydrogen-bond acceptors (Lipinski definition) is 6. The van der Waals surface area contributed by atoms with Crippen LogP contribution in [0.5, 0.6) is 0 Å². The van der Waals surface area contributed by atoms with Crippen LogP contribution in [0, 0.1) is 5.92 Å². The molecule has 168 valence electrons. The third-order valence-corrected chi connectivity index (χ3v) is 5.08. The van der Waals surface area contributed by atoms with Crippen LogP contribution in [0.3, 0.4) is 0 Å². The van der Waals surface area contributed by atoms with Gasteiger partial charge in [0.2, 0.25) is 0 Å². The van der Waals surface area contributed by atoms with E-state index in [1.54, 1.807) is 6.92 Å². The van der Waals surface area contributed by atoms with E-state index in [0.717, 1.165) is 16.7 Å². The Morgan fingerprint density at radius 2 is 1.78 bits per heavy atom. The van der Waals surface area contributed by atoms with Gasteiger partial charge in [0.25, 0.3) is 5.91 Å². The van der Waals surface area contributed by atoms with Crippen molar-refractivity contribution in [1.29, 1.82) is 0 Å². The Morgan fingerprint density at radius 3 is 2.41 bits per heavy atom. The van der Waals surface area contributed by atoms with Crippen LogP contribution in [-0.4, -0.2) is 53.7 Å². The average molecular weight is 437 g/mol. The van der Waals surface area contributed by atoms with Gasteiger partial charge in [0, 0.05) is 13.2 Å². The van der Waals surface area contributed by atoms with Crippen molar-refractivity contribution in [3.05, 3.63) is 72.1 Å². The van der Waals surface area contributed by atoms with Crippen molar-refractivity contribution in [2.75, 3.05) is 20.3 Å². The summed E-state index contributed by atoms with van der Waals surface area (Å²) in [5, 5.41) is 12.9. The Balaban J connectivity index is 1.76. The van der Waals surface area contributed by atoms with Gasteiger partial charge in [-0.3, -0.25) is 9.59 Å². The predicted octanol–water partition coefficient (Wildman–Crippen LogP) is 3.03. The molecule has 2 N–H and O–H groups in total. The van der Waals surface area contributed by atoms with E-state index in [0.29, 0.717) is 12.8 Å². The lowest BCUT2D eigenvalue weighted by Gasteiger charge is -2.23. The minimum atomic E-state index is -0.494. The molecule has 32 heavy (non-hydrogen) atoms. The van der Waals surface area contributed by atoms with E-state index in [9.17, 15) is 9.59 Å². The molecular weight excluding hydrogens is 408 g/mol. The highest BCUT2D eigenvalue weighted by atomic mass is 16.5. The van der Waals surface area contributed by atoms with E-state index in [2.05, 4.69) is 45.0 Å². The zero-order valence-corrected chi connectivity index (χ0v) is 18.3. The van der Waals surface area contributed by atoms with E-state index in [1.165, 1.54) is 13.3 Å². The van der Waals surface area contributed by atoms with Crippen LogP contribution in [0.4, 0.5) is 0 Å². The second-order valence-electron chi connectivity index (χ2n) is 7.43. The summed E-state index contributed by atoms with van der Waals surface area (Å²) in [6.07, 6.45) is 2.27. The van der Waals surface area contributed by atoms with E-state index in [1.807, 2.05) is 30.3 Å². The number of esters is 1. The molecule has 3 rings (SSSR count). The number of carbonyl (C=O) groups excluding carboxylic acids is 2. The molecule has 2 unspecified atom stereocenters. The second kappa shape index (κ2) is 11.8. The van der Waals surface area contributed by atoms with E-state index in [-0.39, 0.29) is 36.8 Å². The van der Waals surface area contributed by atoms with Crippen molar-refractivity contribution in [1.82, 2.24) is 20.7 Å². The van der Waals surface area contributed by atoms with Crippen molar-refractivity contribution in [2.24, 2.45) is 5.92 Å². The molecule has 0 fully saturated rings. The number of rotatable bonds is 11. The fourth-order valence-corrected chi connectivity index (χ4v) is 3.55. The number of nitrogens with zero attached hydrogens (tertiary/aromatic N) is 2. The standard InChI is InChI=1S/C24H28N4O4/c1-3-32-24(30)20(16-31-2)14-21(26-23(29)22-15-25-28-27-22)13-17-9-11-19(12-10-17)18-7-5-4-6-8-18/h4-12,15,20-21H,3,13-14,16H2,1-2H3,(H,26,29)(H,25,27,28). The number of carbonyl (C=O) groups is 2. The zero-order valence-electron chi connectivity index (χ0n) is 18.3. The molecule has 0 saturated heterocycles. The molecule has 3 aromatic rings. The van der Waals surface area contributed by atoms with Crippen molar-refractivity contribution in [3.63, 3.8) is 0 Å². The summed E-state index contributed by atoms with van der Waals surface area (Å²) in [5.74, 6) is -1.19. The number of aromatic nitrogens is 3. The third-order valence-electron chi connectivity index (χ3n) is 5.08. The molecule has 0 aliphatic heterocycles. The summed E-state index contributed by atoms with van der Waals surface area (Å²) >= 11 is 0. The molecule has 0 saturated carbocycles. The second-order valence-corrected chi connectivity index (χ2v) is 7.43. The summed E-state index contributed by atoms with van der Waals surface area (Å²) in [6, 6.07) is 18.0. The molecule has 0 radical (unpaired) electrons. The third kappa shape index (κ3) is 6.49. The highest BCUT2D eigenvalue weighted by molar-refractivity contribution is 5.92. The van der Waals surface area contributed by atoms with Crippen molar-refractivity contribution < 1.29 is 19.1 Å². The zero-order chi connectivity index (χ0) is 22.8. The van der Waals surface area contributed by atoms with Crippen LogP contribution in [0.1, 0.15) is 29.4 Å². The maximum Gasteiger partial charge on any atom is 0.311 e. The Kier molecular flexibility index (Phi) is 8.51. The highest BCUT2D eigenvalue weighted by Crippen LogP contribution is 2.21. The maximum absolute atomic E-state index is 12.6. The maximum atomic E-state index is 12.6. The first-order valence-corrected chi connectivity index (χ1v) is 10.6. The lowest BCUT2D eigenvalue weighted by molar-refractivity contribution is -0.150. The summed E-state index contributed by atoms with van der Waals surface area (Å²) < 4.78 is 10.4. The molecule has 0 aliphatic rings. The minimum Gasteiger partial charge on any atom is -0.466 e. The molecular formula is C24H28N4O4. The first-order chi connectivity index (χ1) is 15.6. The first kappa shape index (κ1) is 23.1. The van der Waals surface area contributed by atoms with E-state index >= 15 is 0 Å². The smallest absolute Gasteiger partial charge is 0.311 e. The van der Waals surface area contributed by atoms with Gasteiger partial charge < -0.3 is 14.8 Å². The number of ether oxygens (including phenoxy) is 2. The summed E-state index contributed by atoms with van der Waals surface area (Å²) in [4.78, 5) is 25.0. The average Bonchev–Trinajstić information content (AvgIpc) is 3.35. The van der Waals surface area contributed by atoms with Gasteiger partial charge in [-0.25, -0.2) is 0 Å². The van der Waals surface area contributed by atoms with E-state index in [4.69, 9.17) is 9.47 Å². The number of H-pyrrole nitrogens is 1. The summed E-state index contributed by atoms with van der Waals surface area (Å²) in [7, 11) is 1.54. The van der Waals surface area contributed by atoms with Crippen LogP contribution >= 0.6 is 0 Å². The topological polar surface area (TPSA) is 106 Å². The normalized spacial score (nSPS) is 12.7. The highest BCUT2D eigenvalue weighted by Gasteiger charge is 2.26. The van der Waals surface area contributed by atoms with Gasteiger partial charge in [-0.2, -0.15) is 15.4 Å². The number of methoxy groups -OCH3 is 1. The largest absolute Gasteiger partial charge is 0.466 e. The molecule has 2 aromatic carbocycles. The van der Waals surface area contributed by atoms with Gasteiger partial charge >= 0.3 is 5.97 Å². The number of amides is 1. The molecule has 8 nitrogen and oxygen atoms in total. The Hall–Kier alpha value is -3.52. The molecule has 1 heterocycles. The Morgan fingerprint density at radius 1 is 1.06 bits per heavy atom. The predicted molar refractivity (Wildman–Crippen MR) is 120 cm³/mol. The molecule has 1 aromatic heterocycles. The molecule has 0 aliphatic carbocycles. The number of nitrogens with one attached hydrogen (secondary N) is 2. The lowest BCUT2D eigenvalue weighted by Crippen LogP contribution is -2.40. The van der Waals surface area contributed by atoms with Crippen LogP contribution in [0.2, 0.25) is 0 Å². The van der Waals surface area contributed by atoms with Gasteiger partial charge in [0.1, 0.15) is 0 Å². The molecule has 8 heteroatoms. The number of benzene rings is 2. The number of aromatic amines is 1. The van der Waals surface area contributed by atoms with Crippen LogP contribution in [0.15, 0.2) is 60.8 Å². The fraction of sp³-hybridized carbons (Fsp3) is 0.333. The minimum absolute atomic E-state index is 0.189. The molecule has 0 bridgehead atoms. The molecule has 2 atom stereocenters.